The smallest absolute Gasteiger partial charge is 0.234 e. The molecule has 1 aliphatic rings. The van der Waals surface area contributed by atoms with Crippen molar-refractivity contribution < 1.29 is 9.53 Å². The van der Waals surface area contributed by atoms with Crippen LogP contribution in [0.4, 0.5) is 5.69 Å². The summed E-state index contributed by atoms with van der Waals surface area (Å²) >= 11 is 7.31. The Bertz CT molecular complexity index is 1320. The summed E-state index contributed by atoms with van der Waals surface area (Å²) in [6.45, 7) is 2.04. The van der Waals surface area contributed by atoms with E-state index in [1.807, 2.05) is 55.5 Å². The van der Waals surface area contributed by atoms with E-state index >= 15 is 0 Å². The predicted octanol–water partition coefficient (Wildman–Crippen LogP) is 6.53. The van der Waals surface area contributed by atoms with Crippen molar-refractivity contribution in [3.8, 4) is 23.0 Å². The normalized spacial score (nSPS) is 11.8. The molecule has 164 valence electrons. The molecule has 3 aromatic carbocycles. The van der Waals surface area contributed by atoms with Crippen molar-refractivity contribution in [2.24, 2.45) is 0 Å². The lowest BCUT2D eigenvalue weighted by atomic mass is 10.0. The Morgan fingerprint density at radius 3 is 2.58 bits per heavy atom. The van der Waals surface area contributed by atoms with Gasteiger partial charge in [-0.15, -0.1) is 0 Å². The highest BCUT2D eigenvalue weighted by molar-refractivity contribution is 8.00. The lowest BCUT2D eigenvalue weighted by Crippen LogP contribution is -2.15. The van der Waals surface area contributed by atoms with Crippen LogP contribution < -0.4 is 10.1 Å². The number of rotatable bonds is 5. The molecule has 0 spiro atoms. The van der Waals surface area contributed by atoms with Crippen molar-refractivity contribution >= 4 is 35.0 Å². The summed E-state index contributed by atoms with van der Waals surface area (Å²) in [5.41, 5.74) is 4.74. The molecule has 0 bridgehead atoms. The fraction of sp³-hybridized carbons (Fsp3) is 0.115. The maximum Gasteiger partial charge on any atom is 0.234 e. The predicted molar refractivity (Wildman–Crippen MR) is 132 cm³/mol. The summed E-state index contributed by atoms with van der Waals surface area (Å²) in [5.74, 6) is 2.01. The van der Waals surface area contributed by atoms with Gasteiger partial charge in [-0.05, 0) is 42.8 Å². The van der Waals surface area contributed by atoms with E-state index in [-0.39, 0.29) is 11.7 Å². The molecule has 33 heavy (non-hydrogen) atoms. The van der Waals surface area contributed by atoms with Gasteiger partial charge in [0.2, 0.25) is 11.8 Å². The zero-order valence-electron chi connectivity index (χ0n) is 17.8. The van der Waals surface area contributed by atoms with Crippen LogP contribution in [0.1, 0.15) is 16.7 Å². The van der Waals surface area contributed by atoms with E-state index in [9.17, 15) is 4.79 Å². The summed E-state index contributed by atoms with van der Waals surface area (Å²) in [6.07, 6.45) is 0.654. The van der Waals surface area contributed by atoms with Gasteiger partial charge in [-0.25, -0.2) is 4.98 Å². The van der Waals surface area contributed by atoms with Gasteiger partial charge in [-0.3, -0.25) is 4.79 Å². The molecule has 0 fully saturated rings. The Hall–Kier alpha value is -3.35. The molecular formula is C26H20ClN3O2S. The number of anilines is 1. The Kier molecular flexibility index (Phi) is 6.03. The molecule has 0 atom stereocenters. The number of thioether (sulfide) groups is 1. The van der Waals surface area contributed by atoms with E-state index in [0.717, 1.165) is 33.0 Å². The van der Waals surface area contributed by atoms with Crippen LogP contribution in [0.5, 0.6) is 11.6 Å². The zero-order valence-corrected chi connectivity index (χ0v) is 19.4. The second-order valence-corrected chi connectivity index (χ2v) is 9.13. The molecule has 1 aliphatic heterocycles. The van der Waals surface area contributed by atoms with Crippen molar-refractivity contribution in [3.05, 3.63) is 94.5 Å². The van der Waals surface area contributed by atoms with Crippen LogP contribution in [0.2, 0.25) is 5.02 Å². The largest absolute Gasteiger partial charge is 0.438 e. The van der Waals surface area contributed by atoms with Crippen LogP contribution >= 0.6 is 23.4 Å². The van der Waals surface area contributed by atoms with Gasteiger partial charge >= 0.3 is 0 Å². The highest BCUT2D eigenvalue weighted by Gasteiger charge is 2.24. The zero-order chi connectivity index (χ0) is 22.8. The molecule has 1 amide bonds. The molecule has 0 unspecified atom stereocenters. The highest BCUT2D eigenvalue weighted by atomic mass is 35.5. The third-order valence-electron chi connectivity index (χ3n) is 5.26. The van der Waals surface area contributed by atoms with E-state index in [2.05, 4.69) is 5.32 Å². The van der Waals surface area contributed by atoms with Crippen LogP contribution in [0.3, 0.4) is 0 Å². The Labute approximate surface area is 201 Å². The number of aromatic nitrogens is 2. The summed E-state index contributed by atoms with van der Waals surface area (Å²) in [7, 11) is 0. The minimum atomic E-state index is -0.122. The van der Waals surface area contributed by atoms with E-state index in [4.69, 9.17) is 26.3 Å². The molecule has 5 rings (SSSR count). The van der Waals surface area contributed by atoms with Gasteiger partial charge in [0.15, 0.2) is 5.82 Å². The number of hydrogen-bond donors (Lipinski definition) is 1. The van der Waals surface area contributed by atoms with E-state index in [1.165, 1.54) is 11.8 Å². The highest BCUT2D eigenvalue weighted by Crippen LogP contribution is 2.40. The third-order valence-corrected chi connectivity index (χ3v) is 6.53. The van der Waals surface area contributed by atoms with Gasteiger partial charge in [-0.1, -0.05) is 71.4 Å². The number of fused-ring (bicyclic) bond motifs is 2. The summed E-state index contributed by atoms with van der Waals surface area (Å²) in [6, 6.07) is 23.0. The standard InChI is InChI=1S/C26H20ClN3O2S/c1-16-6-8-17(9-7-16)24-29-25-21(14-18-4-2-3-5-22(18)32-25)26(30-24)33-15-23(31)28-20-12-10-19(27)11-13-20/h2-13H,14-15H2,1H3,(H,28,31). The van der Waals surface area contributed by atoms with E-state index < -0.39 is 0 Å². The second kappa shape index (κ2) is 9.25. The molecule has 0 saturated carbocycles. The van der Waals surface area contributed by atoms with Gasteiger partial charge < -0.3 is 10.1 Å². The van der Waals surface area contributed by atoms with Crippen LogP contribution in [0.25, 0.3) is 11.4 Å². The van der Waals surface area contributed by atoms with Crippen molar-refractivity contribution in [1.82, 2.24) is 9.97 Å². The van der Waals surface area contributed by atoms with Crippen molar-refractivity contribution in [2.45, 2.75) is 18.4 Å². The molecule has 1 aromatic heterocycles. The molecule has 0 aliphatic carbocycles. The summed E-state index contributed by atoms with van der Waals surface area (Å²) < 4.78 is 6.14. The Morgan fingerprint density at radius 2 is 1.79 bits per heavy atom. The SMILES string of the molecule is Cc1ccc(-c2nc3c(c(SCC(=O)Nc4ccc(Cl)cc4)n2)Cc2ccccc2O3)cc1. The first-order chi connectivity index (χ1) is 16.0. The average molecular weight is 474 g/mol. The average Bonchev–Trinajstić information content (AvgIpc) is 2.83. The fourth-order valence-corrected chi connectivity index (χ4v) is 4.49. The first kappa shape index (κ1) is 21.5. The summed E-state index contributed by atoms with van der Waals surface area (Å²) in [5, 5.41) is 4.27. The number of hydrogen-bond acceptors (Lipinski definition) is 5. The number of amides is 1. The second-order valence-electron chi connectivity index (χ2n) is 7.73. The van der Waals surface area contributed by atoms with Crippen LogP contribution in [-0.2, 0) is 11.2 Å². The first-order valence-electron chi connectivity index (χ1n) is 10.5. The molecule has 7 heteroatoms. The molecule has 1 N–H and O–H groups in total. The number of aryl methyl sites for hydroxylation is 1. The molecule has 4 aromatic rings. The molecule has 0 saturated heterocycles. The van der Waals surface area contributed by atoms with Gasteiger partial charge in [0.25, 0.3) is 0 Å². The molecule has 0 radical (unpaired) electrons. The van der Waals surface area contributed by atoms with E-state index in [1.54, 1.807) is 24.3 Å². The maximum atomic E-state index is 12.6. The monoisotopic (exact) mass is 473 g/mol. The first-order valence-corrected chi connectivity index (χ1v) is 11.8. The Morgan fingerprint density at radius 1 is 1.03 bits per heavy atom. The minimum Gasteiger partial charge on any atom is -0.438 e. The molecular weight excluding hydrogens is 454 g/mol. The number of benzene rings is 3. The lowest BCUT2D eigenvalue weighted by Gasteiger charge is -2.21. The van der Waals surface area contributed by atoms with Crippen LogP contribution in [0.15, 0.2) is 77.8 Å². The number of carbonyl (C=O) groups is 1. The quantitative estimate of drug-likeness (QED) is 0.232. The van der Waals surface area contributed by atoms with Gasteiger partial charge in [-0.2, -0.15) is 4.98 Å². The number of carbonyl (C=O) groups excluding carboxylic acids is 1. The van der Waals surface area contributed by atoms with Gasteiger partial charge in [0.1, 0.15) is 10.8 Å². The fourth-order valence-electron chi connectivity index (χ4n) is 3.54. The van der Waals surface area contributed by atoms with Crippen LogP contribution in [-0.4, -0.2) is 21.6 Å². The van der Waals surface area contributed by atoms with Crippen molar-refractivity contribution in [1.29, 1.82) is 0 Å². The van der Waals surface area contributed by atoms with Gasteiger partial charge in [0.05, 0.1) is 11.3 Å². The van der Waals surface area contributed by atoms with Crippen molar-refractivity contribution in [3.63, 3.8) is 0 Å². The number of halogens is 1. The van der Waals surface area contributed by atoms with Crippen molar-refractivity contribution in [2.75, 3.05) is 11.1 Å². The number of para-hydroxylation sites is 1. The Balaban J connectivity index is 1.43. The maximum absolute atomic E-state index is 12.6. The number of nitrogens with one attached hydrogen (secondary N) is 1. The molecule has 5 nitrogen and oxygen atoms in total. The minimum absolute atomic E-state index is 0.122. The number of nitrogens with zero attached hydrogens (tertiary/aromatic N) is 2. The summed E-state index contributed by atoms with van der Waals surface area (Å²) in [4.78, 5) is 22.1. The molecule has 2 heterocycles. The third kappa shape index (κ3) is 4.87. The topological polar surface area (TPSA) is 64.1 Å². The van der Waals surface area contributed by atoms with Gasteiger partial charge in [0, 0.05) is 22.7 Å². The number of ether oxygens (including phenoxy) is 1. The van der Waals surface area contributed by atoms with Crippen LogP contribution in [0, 0.1) is 6.92 Å². The lowest BCUT2D eigenvalue weighted by molar-refractivity contribution is -0.113. The van der Waals surface area contributed by atoms with E-state index in [0.29, 0.717) is 28.8 Å².